The number of hydrogen-bond acceptors (Lipinski definition) is 2. The van der Waals surface area contributed by atoms with E-state index in [0.717, 1.165) is 0 Å². The quantitative estimate of drug-likeness (QED) is 0.371. The molecule has 0 aromatic carbocycles. The van der Waals surface area contributed by atoms with Crippen molar-refractivity contribution in [1.82, 2.24) is 0 Å². The van der Waals surface area contributed by atoms with Crippen LogP contribution in [0.3, 0.4) is 0 Å². The summed E-state index contributed by atoms with van der Waals surface area (Å²) < 4.78 is 3.23. The van der Waals surface area contributed by atoms with Gasteiger partial charge in [0.2, 0.25) is 5.90 Å². The van der Waals surface area contributed by atoms with Crippen LogP contribution in [0.4, 0.5) is 0 Å². The Morgan fingerprint density at radius 3 is 1.36 bits per heavy atom. The van der Waals surface area contributed by atoms with Gasteiger partial charge in [-0.2, -0.15) is 0 Å². The number of ether oxygens (including phenoxy) is 1. The third-order valence-electron chi connectivity index (χ3n) is 0.666. The van der Waals surface area contributed by atoms with E-state index in [0.29, 0.717) is 0 Å². The number of alkyl halides is 3. The Bertz CT molecular complexity index is 158. The van der Waals surface area contributed by atoms with Gasteiger partial charge in [0.05, 0.1) is 0 Å². The molecule has 0 atom stereocenters. The van der Waals surface area contributed by atoms with Crippen LogP contribution in [0.15, 0.2) is 0 Å². The van der Waals surface area contributed by atoms with Gasteiger partial charge in [-0.1, -0.05) is 57.1 Å². The Kier molecular flexibility index (Phi) is 13.0. The molecule has 0 rings (SSSR count). The van der Waals surface area contributed by atoms with Crippen molar-refractivity contribution in [2.45, 2.75) is 52.4 Å². The van der Waals surface area contributed by atoms with Crippen molar-refractivity contribution in [3.05, 3.63) is 0 Å². The fraction of sp³-hybridized carbons (Fsp3) is 0.889. The van der Waals surface area contributed by atoms with Crippen molar-refractivity contribution in [3.63, 3.8) is 0 Å². The molecule has 0 aliphatic carbocycles. The smallest absolute Gasteiger partial charge is 0.265 e. The van der Waals surface area contributed by atoms with Crippen LogP contribution >= 0.6 is 34.8 Å². The summed E-state index contributed by atoms with van der Waals surface area (Å²) in [5.41, 5.74) is -0.499. The lowest BCUT2D eigenvalue weighted by Crippen LogP contribution is -2.31. The van der Waals surface area contributed by atoms with E-state index < -0.39 is 9.39 Å². The van der Waals surface area contributed by atoms with Crippen LogP contribution in [0.2, 0.25) is 0 Å². The fourth-order valence-corrected chi connectivity index (χ4v) is 0.480. The normalized spacial score (nSPS) is 10.1. The van der Waals surface area contributed by atoms with Crippen LogP contribution in [-0.4, -0.2) is 15.3 Å². The summed E-state index contributed by atoms with van der Waals surface area (Å²) >= 11 is 16.1. The molecule has 0 aliphatic heterocycles. The maximum absolute atomic E-state index is 7.18. The molecule has 0 spiro atoms. The summed E-state index contributed by atoms with van der Waals surface area (Å²) in [6.07, 6.45) is 0. The third kappa shape index (κ3) is 12.3. The average Bonchev–Trinajstić information content (AvgIpc) is 1.56. The van der Waals surface area contributed by atoms with E-state index in [-0.39, 0.29) is 28.2 Å². The molecular weight excluding hydrogens is 244 g/mol. The molecule has 0 saturated heterocycles. The standard InChI is InChI=1S/C6H10Cl3NO.3CH4/c1-5(2,3)11-4(10)6(7,8)9;;;/h10H,1-3H3;3*1H4. The maximum Gasteiger partial charge on any atom is 0.265 e. The van der Waals surface area contributed by atoms with Crippen LogP contribution < -0.4 is 0 Å². The first-order chi connectivity index (χ1) is 4.63. The van der Waals surface area contributed by atoms with Crippen LogP contribution in [-0.2, 0) is 4.74 Å². The van der Waals surface area contributed by atoms with Gasteiger partial charge in [-0.05, 0) is 20.8 Å². The fourth-order valence-electron chi connectivity index (χ4n) is 0.364. The topological polar surface area (TPSA) is 33.1 Å². The van der Waals surface area contributed by atoms with Crippen molar-refractivity contribution in [3.8, 4) is 0 Å². The highest BCUT2D eigenvalue weighted by Crippen LogP contribution is 2.29. The van der Waals surface area contributed by atoms with Gasteiger partial charge in [0.1, 0.15) is 5.60 Å². The van der Waals surface area contributed by atoms with Gasteiger partial charge in [0.25, 0.3) is 3.79 Å². The minimum atomic E-state index is -1.76. The predicted octanol–water partition coefficient (Wildman–Crippen LogP) is 5.06. The van der Waals surface area contributed by atoms with Gasteiger partial charge in [0.15, 0.2) is 0 Å². The molecule has 0 bridgehead atoms. The molecule has 2 nitrogen and oxygen atoms in total. The van der Waals surface area contributed by atoms with Crippen LogP contribution in [0, 0.1) is 5.41 Å². The van der Waals surface area contributed by atoms with Crippen molar-refractivity contribution in [2.75, 3.05) is 0 Å². The van der Waals surface area contributed by atoms with Crippen molar-refractivity contribution < 1.29 is 4.74 Å². The lowest BCUT2D eigenvalue weighted by atomic mass is 10.2. The molecule has 0 fully saturated rings. The second kappa shape index (κ2) is 7.61. The minimum absolute atomic E-state index is 0. The highest BCUT2D eigenvalue weighted by Gasteiger charge is 2.31. The number of nitrogens with one attached hydrogen (secondary N) is 1. The first kappa shape index (κ1) is 23.9. The SMILES string of the molecule is C.C.C.CC(C)(C)OC(=N)C(Cl)(Cl)Cl. The highest BCUT2D eigenvalue weighted by molar-refractivity contribution is 6.76. The van der Waals surface area contributed by atoms with E-state index in [1.54, 1.807) is 20.8 Å². The van der Waals surface area contributed by atoms with Gasteiger partial charge in [-0.3, -0.25) is 5.41 Å². The molecule has 0 amide bonds. The summed E-state index contributed by atoms with van der Waals surface area (Å²) in [6, 6.07) is 0. The summed E-state index contributed by atoms with van der Waals surface area (Å²) in [6.45, 7) is 5.33. The van der Waals surface area contributed by atoms with Crippen LogP contribution in [0.1, 0.15) is 43.1 Å². The van der Waals surface area contributed by atoms with E-state index in [1.807, 2.05) is 0 Å². The number of rotatable bonds is 0. The minimum Gasteiger partial charge on any atom is -0.472 e. The van der Waals surface area contributed by atoms with Crippen LogP contribution in [0.25, 0.3) is 0 Å². The summed E-state index contributed by atoms with van der Waals surface area (Å²) in [5.74, 6) is -0.352. The van der Waals surface area contributed by atoms with Crippen molar-refractivity contribution in [1.29, 1.82) is 5.41 Å². The monoisotopic (exact) mass is 265 g/mol. The molecule has 0 aromatic rings. The Hall–Kier alpha value is 0.340. The van der Waals surface area contributed by atoms with Crippen molar-refractivity contribution >= 4 is 40.7 Å². The molecule has 5 heteroatoms. The van der Waals surface area contributed by atoms with E-state index >= 15 is 0 Å². The Balaban J connectivity index is -0.000000167. The lowest BCUT2D eigenvalue weighted by molar-refractivity contribution is 0.112. The molecule has 0 radical (unpaired) electrons. The van der Waals surface area contributed by atoms with E-state index in [4.69, 9.17) is 44.9 Å². The van der Waals surface area contributed by atoms with E-state index in [2.05, 4.69) is 0 Å². The zero-order valence-corrected chi connectivity index (χ0v) is 8.81. The predicted molar refractivity (Wildman–Crippen MR) is 69.0 cm³/mol. The molecule has 0 heterocycles. The van der Waals surface area contributed by atoms with Gasteiger partial charge >= 0.3 is 0 Å². The lowest BCUT2D eigenvalue weighted by Gasteiger charge is -2.24. The number of hydrogen-bond donors (Lipinski definition) is 1. The van der Waals surface area contributed by atoms with Gasteiger partial charge in [-0.25, -0.2) is 0 Å². The zero-order valence-electron chi connectivity index (χ0n) is 6.54. The first-order valence-electron chi connectivity index (χ1n) is 2.98. The Labute approximate surface area is 103 Å². The molecule has 1 N–H and O–H groups in total. The molecule has 0 aliphatic rings. The highest BCUT2D eigenvalue weighted by atomic mass is 35.6. The second-order valence-corrected chi connectivity index (χ2v) is 5.32. The molecular formula is C9H22Cl3NO. The van der Waals surface area contributed by atoms with Gasteiger partial charge in [0, 0.05) is 0 Å². The second-order valence-electron chi connectivity index (χ2n) is 3.04. The summed E-state index contributed by atoms with van der Waals surface area (Å²) in [7, 11) is 0. The Morgan fingerprint density at radius 2 is 1.29 bits per heavy atom. The zero-order chi connectivity index (χ0) is 9.28. The molecule has 14 heavy (non-hydrogen) atoms. The van der Waals surface area contributed by atoms with Crippen molar-refractivity contribution in [2.24, 2.45) is 0 Å². The molecule has 0 unspecified atom stereocenters. The van der Waals surface area contributed by atoms with Gasteiger partial charge in [-0.15, -0.1) is 0 Å². The largest absolute Gasteiger partial charge is 0.472 e. The number of halogens is 3. The third-order valence-corrected chi connectivity index (χ3v) is 1.18. The summed E-state index contributed by atoms with van der Waals surface area (Å²) in [4.78, 5) is 0. The first-order valence-corrected chi connectivity index (χ1v) is 4.11. The maximum atomic E-state index is 7.18. The molecule has 0 saturated carbocycles. The van der Waals surface area contributed by atoms with E-state index in [1.165, 1.54) is 0 Å². The van der Waals surface area contributed by atoms with Crippen LogP contribution in [0.5, 0.6) is 0 Å². The molecule has 90 valence electrons. The summed E-state index contributed by atoms with van der Waals surface area (Å²) in [5, 5.41) is 7.18. The Morgan fingerprint density at radius 1 is 1.00 bits per heavy atom. The van der Waals surface area contributed by atoms with Gasteiger partial charge < -0.3 is 4.74 Å². The molecule has 0 aromatic heterocycles. The average molecular weight is 267 g/mol. The van der Waals surface area contributed by atoms with E-state index in [9.17, 15) is 0 Å².